The Balaban J connectivity index is 1.78. The first-order valence-corrected chi connectivity index (χ1v) is 9.78. The van der Waals surface area contributed by atoms with E-state index in [0.717, 1.165) is 15.5 Å². The average Bonchev–Trinajstić information content (AvgIpc) is 3.34. The minimum absolute atomic E-state index is 0.0189. The topological polar surface area (TPSA) is 78.4 Å². The normalized spacial score (nSPS) is 17.3. The number of H-pyrrole nitrogens is 1. The SMILES string of the molecule is O=S(=O)(c1cnc[nH]1)N1CC(c2ccc(Cl)cc2)C(c2ccccc2)=N1. The van der Waals surface area contributed by atoms with Crippen molar-refractivity contribution in [2.45, 2.75) is 10.9 Å². The first-order valence-electron chi connectivity index (χ1n) is 7.96. The van der Waals surface area contributed by atoms with Gasteiger partial charge in [-0.15, -0.1) is 0 Å². The lowest BCUT2D eigenvalue weighted by Crippen LogP contribution is -2.26. The highest BCUT2D eigenvalue weighted by molar-refractivity contribution is 7.89. The van der Waals surface area contributed by atoms with Crippen LogP contribution in [0.25, 0.3) is 0 Å². The van der Waals surface area contributed by atoms with Gasteiger partial charge in [0.1, 0.15) is 0 Å². The van der Waals surface area contributed by atoms with Gasteiger partial charge in [0.15, 0.2) is 5.03 Å². The molecular weight excluding hydrogens is 372 g/mol. The second kappa shape index (κ2) is 6.59. The molecular formula is C18H15ClN4O2S. The summed E-state index contributed by atoms with van der Waals surface area (Å²) in [6.07, 6.45) is 2.62. The number of hydrogen-bond donors (Lipinski definition) is 1. The molecule has 1 unspecified atom stereocenters. The van der Waals surface area contributed by atoms with Crippen LogP contribution in [0.3, 0.4) is 0 Å². The summed E-state index contributed by atoms with van der Waals surface area (Å²) in [5.41, 5.74) is 2.55. The van der Waals surface area contributed by atoms with E-state index in [-0.39, 0.29) is 17.5 Å². The molecule has 2 heterocycles. The predicted molar refractivity (Wildman–Crippen MR) is 99.7 cm³/mol. The Morgan fingerprint density at radius 3 is 2.46 bits per heavy atom. The van der Waals surface area contributed by atoms with E-state index < -0.39 is 10.0 Å². The number of halogens is 1. The molecule has 0 radical (unpaired) electrons. The van der Waals surface area contributed by atoms with Crippen LogP contribution in [-0.4, -0.2) is 35.1 Å². The van der Waals surface area contributed by atoms with Crippen molar-refractivity contribution in [1.82, 2.24) is 14.4 Å². The predicted octanol–water partition coefficient (Wildman–Crippen LogP) is 3.26. The number of aromatic nitrogens is 2. The van der Waals surface area contributed by atoms with Gasteiger partial charge in [0.2, 0.25) is 0 Å². The van der Waals surface area contributed by atoms with Crippen LogP contribution in [0.2, 0.25) is 5.02 Å². The van der Waals surface area contributed by atoms with E-state index in [4.69, 9.17) is 11.6 Å². The Labute approximate surface area is 156 Å². The van der Waals surface area contributed by atoms with Crippen LogP contribution in [0.5, 0.6) is 0 Å². The summed E-state index contributed by atoms with van der Waals surface area (Å²) in [6, 6.07) is 17.0. The highest BCUT2D eigenvalue weighted by atomic mass is 35.5. The summed E-state index contributed by atoms with van der Waals surface area (Å²) in [7, 11) is -3.78. The van der Waals surface area contributed by atoms with Gasteiger partial charge in [0.25, 0.3) is 10.0 Å². The van der Waals surface area contributed by atoms with Gasteiger partial charge in [-0.1, -0.05) is 54.1 Å². The van der Waals surface area contributed by atoms with E-state index in [1.807, 2.05) is 42.5 Å². The fraction of sp³-hybridized carbons (Fsp3) is 0.111. The molecule has 0 amide bonds. The Hall–Kier alpha value is -2.64. The van der Waals surface area contributed by atoms with Crippen LogP contribution in [0.15, 0.2) is 77.2 Å². The number of benzene rings is 2. The second-order valence-electron chi connectivity index (χ2n) is 5.88. The van der Waals surface area contributed by atoms with Crippen molar-refractivity contribution in [3.8, 4) is 0 Å². The van der Waals surface area contributed by atoms with Gasteiger partial charge < -0.3 is 4.98 Å². The van der Waals surface area contributed by atoms with Crippen molar-refractivity contribution in [3.63, 3.8) is 0 Å². The van der Waals surface area contributed by atoms with Gasteiger partial charge in [-0.3, -0.25) is 0 Å². The van der Waals surface area contributed by atoms with Crippen molar-refractivity contribution < 1.29 is 8.42 Å². The summed E-state index contributed by atoms with van der Waals surface area (Å²) in [6.45, 7) is 0.215. The average molecular weight is 387 g/mol. The molecule has 1 aromatic heterocycles. The molecule has 0 saturated heterocycles. The van der Waals surface area contributed by atoms with Crippen molar-refractivity contribution in [3.05, 3.63) is 83.3 Å². The van der Waals surface area contributed by atoms with Crippen molar-refractivity contribution in [1.29, 1.82) is 0 Å². The standard InChI is InChI=1S/C18H15ClN4O2S/c19-15-8-6-13(7-9-15)16-11-23(26(24,25)17-10-20-12-21-17)22-18(16)14-4-2-1-3-5-14/h1-10,12,16H,11H2,(H,20,21). The van der Waals surface area contributed by atoms with Crippen LogP contribution in [0.1, 0.15) is 17.0 Å². The van der Waals surface area contributed by atoms with Crippen molar-refractivity contribution >= 4 is 27.3 Å². The van der Waals surface area contributed by atoms with Crippen LogP contribution >= 0.6 is 11.6 Å². The molecule has 132 valence electrons. The van der Waals surface area contributed by atoms with E-state index >= 15 is 0 Å². The highest BCUT2D eigenvalue weighted by Crippen LogP contribution is 2.32. The van der Waals surface area contributed by atoms with Gasteiger partial charge in [-0.2, -0.15) is 17.9 Å². The number of nitrogens with one attached hydrogen (secondary N) is 1. The van der Waals surface area contributed by atoms with Gasteiger partial charge in [-0.25, -0.2) is 4.98 Å². The number of hydrazone groups is 1. The smallest absolute Gasteiger partial charge is 0.296 e. The minimum Gasteiger partial charge on any atom is -0.334 e. The Bertz CT molecular complexity index is 1030. The van der Waals surface area contributed by atoms with Gasteiger partial charge in [0.05, 0.1) is 24.8 Å². The molecule has 6 nitrogen and oxygen atoms in total. The Morgan fingerprint density at radius 1 is 1.08 bits per heavy atom. The van der Waals surface area contributed by atoms with Gasteiger partial charge >= 0.3 is 0 Å². The van der Waals surface area contributed by atoms with E-state index in [9.17, 15) is 8.42 Å². The number of aromatic amines is 1. The fourth-order valence-corrected chi connectivity index (χ4v) is 4.24. The maximum absolute atomic E-state index is 12.8. The van der Waals surface area contributed by atoms with E-state index in [0.29, 0.717) is 10.7 Å². The maximum Gasteiger partial charge on any atom is 0.296 e. The number of imidazole rings is 1. The molecule has 26 heavy (non-hydrogen) atoms. The Morgan fingerprint density at radius 2 is 1.81 bits per heavy atom. The minimum atomic E-state index is -3.78. The molecule has 0 fully saturated rings. The first kappa shape index (κ1) is 16.8. The summed E-state index contributed by atoms with van der Waals surface area (Å²) < 4.78 is 26.8. The molecule has 3 aromatic rings. The van der Waals surface area contributed by atoms with Crippen LogP contribution in [0.4, 0.5) is 0 Å². The summed E-state index contributed by atoms with van der Waals surface area (Å²) >= 11 is 5.99. The lowest BCUT2D eigenvalue weighted by molar-refractivity contribution is 0.449. The van der Waals surface area contributed by atoms with Gasteiger partial charge in [0, 0.05) is 10.9 Å². The zero-order valence-electron chi connectivity index (χ0n) is 13.6. The third-order valence-corrected chi connectivity index (χ3v) is 6.08. The summed E-state index contributed by atoms with van der Waals surface area (Å²) in [4.78, 5) is 6.44. The molecule has 8 heteroatoms. The van der Waals surface area contributed by atoms with Crippen molar-refractivity contribution in [2.24, 2.45) is 5.10 Å². The van der Waals surface area contributed by atoms with Crippen LogP contribution in [-0.2, 0) is 10.0 Å². The van der Waals surface area contributed by atoms with Crippen molar-refractivity contribution in [2.75, 3.05) is 6.54 Å². The quantitative estimate of drug-likeness (QED) is 0.747. The molecule has 1 N–H and O–H groups in total. The molecule has 1 aliphatic heterocycles. The first-order chi connectivity index (χ1) is 12.6. The zero-order valence-corrected chi connectivity index (χ0v) is 15.2. The summed E-state index contributed by atoms with van der Waals surface area (Å²) in [5, 5.41) is 5.10. The number of nitrogens with zero attached hydrogens (tertiary/aromatic N) is 3. The second-order valence-corrected chi connectivity index (χ2v) is 8.13. The Kier molecular flexibility index (Phi) is 4.26. The molecule has 0 aliphatic carbocycles. The number of hydrogen-bond acceptors (Lipinski definition) is 4. The molecule has 0 bridgehead atoms. The third-order valence-electron chi connectivity index (χ3n) is 4.26. The summed E-state index contributed by atoms with van der Waals surface area (Å²) in [5.74, 6) is -0.188. The number of rotatable bonds is 4. The largest absolute Gasteiger partial charge is 0.334 e. The van der Waals surface area contributed by atoms with E-state index in [1.54, 1.807) is 12.1 Å². The zero-order chi connectivity index (χ0) is 18.1. The molecule has 2 aromatic carbocycles. The van der Waals surface area contributed by atoms with Crippen LogP contribution in [0, 0.1) is 0 Å². The third kappa shape index (κ3) is 3.00. The van der Waals surface area contributed by atoms with E-state index in [2.05, 4.69) is 15.1 Å². The molecule has 1 atom stereocenters. The molecule has 4 rings (SSSR count). The molecule has 0 spiro atoms. The molecule has 1 aliphatic rings. The lowest BCUT2D eigenvalue weighted by atomic mass is 9.91. The monoisotopic (exact) mass is 386 g/mol. The molecule has 0 saturated carbocycles. The highest BCUT2D eigenvalue weighted by Gasteiger charge is 2.36. The van der Waals surface area contributed by atoms with Crippen LogP contribution < -0.4 is 0 Å². The number of sulfonamides is 1. The van der Waals surface area contributed by atoms with E-state index in [1.165, 1.54) is 12.5 Å². The fourth-order valence-electron chi connectivity index (χ4n) is 2.95. The van der Waals surface area contributed by atoms with Gasteiger partial charge in [-0.05, 0) is 23.3 Å². The lowest BCUT2D eigenvalue weighted by Gasteiger charge is -2.16. The maximum atomic E-state index is 12.8.